The van der Waals surface area contributed by atoms with Gasteiger partial charge >= 0.3 is 6.03 Å². The molecule has 8 nitrogen and oxygen atoms in total. The van der Waals surface area contributed by atoms with Crippen LogP contribution in [-0.4, -0.2) is 80.0 Å². The van der Waals surface area contributed by atoms with Gasteiger partial charge in [-0.2, -0.15) is 0 Å². The largest absolute Gasteiger partial charge is 0.394 e. The fraction of sp³-hybridized carbons (Fsp3) is 0.882. The Morgan fingerprint density at radius 2 is 2.00 bits per heavy atom. The van der Waals surface area contributed by atoms with Gasteiger partial charge < -0.3 is 30.7 Å². The number of rotatable bonds is 9. The lowest BCUT2D eigenvalue weighted by atomic mass is 9.97. The van der Waals surface area contributed by atoms with Crippen LogP contribution >= 0.6 is 0 Å². The molecule has 0 bridgehead atoms. The fourth-order valence-corrected chi connectivity index (χ4v) is 2.82. The van der Waals surface area contributed by atoms with Crippen LogP contribution in [0.4, 0.5) is 4.79 Å². The number of aliphatic hydroxyl groups excluding tert-OH is 1. The monoisotopic (exact) mass is 358 g/mol. The van der Waals surface area contributed by atoms with Crippen LogP contribution in [0.25, 0.3) is 0 Å². The second-order valence-electron chi connectivity index (χ2n) is 7.15. The number of urea groups is 1. The van der Waals surface area contributed by atoms with E-state index in [1.807, 2.05) is 27.9 Å². The standard InChI is InChI=1S/C17H34N4O4/c1-12(2)19-17(24)20-14-7-6-13(25-15(14)11-22)10-16(23)18-8-5-9-21(3)4/h12-15,22H,5-11H2,1-4H3,(H,18,23)(H2,19,20,24)/t13-,14+,15-/m0/s1. The molecule has 146 valence electrons. The molecule has 1 heterocycles. The van der Waals surface area contributed by atoms with Crippen LogP contribution < -0.4 is 16.0 Å². The molecule has 0 aromatic rings. The van der Waals surface area contributed by atoms with E-state index in [9.17, 15) is 14.7 Å². The van der Waals surface area contributed by atoms with Gasteiger partial charge in [0.15, 0.2) is 0 Å². The Bertz CT molecular complexity index is 417. The molecule has 0 saturated carbocycles. The molecule has 1 saturated heterocycles. The number of ether oxygens (including phenoxy) is 1. The van der Waals surface area contributed by atoms with Crippen molar-refractivity contribution in [1.82, 2.24) is 20.9 Å². The van der Waals surface area contributed by atoms with Gasteiger partial charge in [0.05, 0.1) is 25.2 Å². The highest BCUT2D eigenvalue weighted by Crippen LogP contribution is 2.21. The van der Waals surface area contributed by atoms with Crippen molar-refractivity contribution >= 4 is 11.9 Å². The van der Waals surface area contributed by atoms with Crippen LogP contribution in [0, 0.1) is 0 Å². The van der Waals surface area contributed by atoms with Crippen molar-refractivity contribution in [2.75, 3.05) is 33.8 Å². The average molecular weight is 358 g/mol. The van der Waals surface area contributed by atoms with E-state index in [-0.39, 0.29) is 43.2 Å². The minimum Gasteiger partial charge on any atom is -0.394 e. The van der Waals surface area contributed by atoms with Crippen molar-refractivity contribution in [1.29, 1.82) is 0 Å². The zero-order valence-corrected chi connectivity index (χ0v) is 15.9. The van der Waals surface area contributed by atoms with Gasteiger partial charge in [-0.15, -0.1) is 0 Å². The maximum Gasteiger partial charge on any atom is 0.315 e. The Morgan fingerprint density at radius 3 is 2.60 bits per heavy atom. The fourth-order valence-electron chi connectivity index (χ4n) is 2.82. The number of carbonyl (C=O) groups is 2. The third-order valence-electron chi connectivity index (χ3n) is 4.05. The number of nitrogens with one attached hydrogen (secondary N) is 3. The highest BCUT2D eigenvalue weighted by atomic mass is 16.5. The molecule has 1 aliphatic heterocycles. The highest BCUT2D eigenvalue weighted by molar-refractivity contribution is 5.76. The molecule has 25 heavy (non-hydrogen) atoms. The first kappa shape index (κ1) is 21.7. The first-order valence-corrected chi connectivity index (χ1v) is 9.06. The van der Waals surface area contributed by atoms with E-state index >= 15 is 0 Å². The molecule has 1 fully saturated rings. The molecule has 0 unspecified atom stereocenters. The summed E-state index contributed by atoms with van der Waals surface area (Å²) in [6.45, 7) is 5.15. The number of nitrogens with zero attached hydrogens (tertiary/aromatic N) is 1. The number of amides is 3. The Kier molecular flexibility index (Phi) is 9.77. The van der Waals surface area contributed by atoms with E-state index in [0.717, 1.165) is 13.0 Å². The minimum atomic E-state index is -0.488. The SMILES string of the molecule is CC(C)NC(=O)N[C@@H]1CC[C@@H](CC(=O)NCCCN(C)C)O[C@H]1CO. The maximum atomic E-state index is 12.0. The molecular formula is C17H34N4O4. The molecule has 0 aromatic carbocycles. The van der Waals surface area contributed by atoms with Crippen LogP contribution in [0.3, 0.4) is 0 Å². The summed E-state index contributed by atoms with van der Waals surface area (Å²) in [7, 11) is 4.00. The van der Waals surface area contributed by atoms with Gasteiger partial charge in [-0.1, -0.05) is 0 Å². The molecule has 3 atom stereocenters. The van der Waals surface area contributed by atoms with Crippen molar-refractivity contribution in [3.05, 3.63) is 0 Å². The minimum absolute atomic E-state index is 0.0376. The first-order valence-electron chi connectivity index (χ1n) is 9.06. The lowest BCUT2D eigenvalue weighted by Gasteiger charge is -2.36. The summed E-state index contributed by atoms with van der Waals surface area (Å²) >= 11 is 0. The number of hydrogen-bond acceptors (Lipinski definition) is 5. The summed E-state index contributed by atoms with van der Waals surface area (Å²) in [6, 6.07) is -0.469. The normalized spacial score (nSPS) is 23.6. The van der Waals surface area contributed by atoms with Crippen LogP contribution in [0.5, 0.6) is 0 Å². The number of aliphatic hydroxyl groups is 1. The van der Waals surface area contributed by atoms with Gasteiger partial charge in [0.2, 0.25) is 5.91 Å². The van der Waals surface area contributed by atoms with Crippen molar-refractivity contribution in [3.63, 3.8) is 0 Å². The predicted octanol–water partition coefficient (Wildman–Crippen LogP) is 0.0605. The molecule has 1 rings (SSSR count). The van der Waals surface area contributed by atoms with Crippen LogP contribution in [0.15, 0.2) is 0 Å². The van der Waals surface area contributed by atoms with Gasteiger partial charge in [-0.05, 0) is 53.8 Å². The van der Waals surface area contributed by atoms with E-state index in [1.54, 1.807) is 0 Å². The lowest BCUT2D eigenvalue weighted by Crippen LogP contribution is -2.54. The average Bonchev–Trinajstić information content (AvgIpc) is 2.52. The third kappa shape index (κ3) is 9.04. The van der Waals surface area contributed by atoms with E-state index in [2.05, 4.69) is 20.9 Å². The van der Waals surface area contributed by atoms with E-state index in [0.29, 0.717) is 19.4 Å². The zero-order chi connectivity index (χ0) is 18.8. The molecule has 8 heteroatoms. The van der Waals surface area contributed by atoms with E-state index in [1.165, 1.54) is 0 Å². The summed E-state index contributed by atoms with van der Waals surface area (Å²) in [6.07, 6.45) is 1.82. The van der Waals surface area contributed by atoms with Gasteiger partial charge in [-0.25, -0.2) is 4.79 Å². The van der Waals surface area contributed by atoms with Crippen LogP contribution in [0.2, 0.25) is 0 Å². The summed E-state index contributed by atoms with van der Waals surface area (Å²) in [5, 5.41) is 18.0. The second kappa shape index (κ2) is 11.3. The highest BCUT2D eigenvalue weighted by Gasteiger charge is 2.32. The lowest BCUT2D eigenvalue weighted by molar-refractivity contribution is -0.130. The number of carbonyl (C=O) groups excluding carboxylic acids is 2. The number of hydrogen-bond donors (Lipinski definition) is 4. The Balaban J connectivity index is 2.34. The van der Waals surface area contributed by atoms with Crippen molar-refractivity contribution in [2.24, 2.45) is 0 Å². The quantitative estimate of drug-likeness (QED) is 0.437. The Hall–Kier alpha value is -1.38. The smallest absolute Gasteiger partial charge is 0.315 e. The van der Waals surface area contributed by atoms with Gasteiger partial charge in [0.1, 0.15) is 6.10 Å². The molecule has 0 radical (unpaired) electrons. The molecule has 1 aliphatic rings. The summed E-state index contributed by atoms with van der Waals surface area (Å²) in [5.41, 5.74) is 0. The van der Waals surface area contributed by atoms with Crippen LogP contribution in [0.1, 0.15) is 39.5 Å². The van der Waals surface area contributed by atoms with Crippen molar-refractivity contribution in [3.8, 4) is 0 Å². The third-order valence-corrected chi connectivity index (χ3v) is 4.05. The van der Waals surface area contributed by atoms with Crippen molar-refractivity contribution < 1.29 is 19.4 Å². The Labute approximate surface area is 150 Å². The van der Waals surface area contributed by atoms with Crippen LogP contribution in [-0.2, 0) is 9.53 Å². The Morgan fingerprint density at radius 1 is 1.28 bits per heavy atom. The zero-order valence-electron chi connectivity index (χ0n) is 15.9. The summed E-state index contributed by atoms with van der Waals surface area (Å²) in [4.78, 5) is 25.9. The summed E-state index contributed by atoms with van der Waals surface area (Å²) < 4.78 is 5.81. The molecule has 0 aromatic heterocycles. The van der Waals surface area contributed by atoms with Crippen molar-refractivity contribution in [2.45, 2.75) is 63.8 Å². The predicted molar refractivity (Wildman–Crippen MR) is 96.4 cm³/mol. The maximum absolute atomic E-state index is 12.0. The van der Waals surface area contributed by atoms with Gasteiger partial charge in [0, 0.05) is 12.6 Å². The van der Waals surface area contributed by atoms with E-state index in [4.69, 9.17) is 4.74 Å². The van der Waals surface area contributed by atoms with E-state index < -0.39 is 6.10 Å². The first-order chi connectivity index (χ1) is 11.8. The molecule has 0 spiro atoms. The topological polar surface area (TPSA) is 103 Å². The van der Waals surface area contributed by atoms with Gasteiger partial charge in [0.25, 0.3) is 0 Å². The molecule has 4 N–H and O–H groups in total. The van der Waals surface area contributed by atoms with Gasteiger partial charge in [-0.3, -0.25) is 4.79 Å². The molecule has 3 amide bonds. The molecule has 0 aliphatic carbocycles. The second-order valence-corrected chi connectivity index (χ2v) is 7.15. The molecular weight excluding hydrogens is 324 g/mol. The summed E-state index contributed by atoms with van der Waals surface area (Å²) in [5.74, 6) is -0.0376.